The number of anilines is 2. The van der Waals surface area contributed by atoms with E-state index < -0.39 is 5.91 Å². The van der Waals surface area contributed by atoms with Crippen LogP contribution in [0.2, 0.25) is 5.15 Å². The second-order valence-electron chi connectivity index (χ2n) is 6.81. The van der Waals surface area contributed by atoms with Crippen LogP contribution in [-0.4, -0.2) is 35.0 Å². The van der Waals surface area contributed by atoms with Crippen molar-refractivity contribution >= 4 is 57.7 Å². The van der Waals surface area contributed by atoms with Gasteiger partial charge in [-0.2, -0.15) is 0 Å². The summed E-state index contributed by atoms with van der Waals surface area (Å²) in [7, 11) is 0. The van der Waals surface area contributed by atoms with Crippen molar-refractivity contribution in [3.05, 3.63) is 74.6 Å². The molecule has 0 aliphatic carbocycles. The number of ether oxygens (including phenoxy) is 1. The minimum absolute atomic E-state index is 0.0217. The Bertz CT molecular complexity index is 1110. The maximum absolute atomic E-state index is 12.5. The average molecular weight is 580 g/mol. The molecule has 0 saturated carbocycles. The van der Waals surface area contributed by atoms with Crippen molar-refractivity contribution in [1.29, 1.82) is 0 Å². The van der Waals surface area contributed by atoms with Crippen LogP contribution < -0.4 is 26.8 Å². The minimum Gasteiger partial charge on any atom is -0.494 e. The van der Waals surface area contributed by atoms with E-state index in [1.54, 1.807) is 0 Å². The van der Waals surface area contributed by atoms with E-state index in [1.807, 2.05) is 54.6 Å². The molecule has 0 aliphatic rings. The fraction of sp³-hybridized carbons (Fsp3) is 0.182. The average Bonchev–Trinajstić information content (AvgIpc) is 2.80. The van der Waals surface area contributed by atoms with Crippen LogP contribution in [0.4, 0.5) is 11.6 Å². The number of amides is 1. The van der Waals surface area contributed by atoms with Gasteiger partial charge in [-0.1, -0.05) is 41.9 Å². The maximum atomic E-state index is 12.5. The van der Waals surface area contributed by atoms with Crippen molar-refractivity contribution < 1.29 is 9.53 Å². The third kappa shape index (κ3) is 7.75. The molecule has 0 spiro atoms. The molecule has 1 heterocycles. The summed E-state index contributed by atoms with van der Waals surface area (Å²) in [6.45, 7) is 1.33. The molecule has 172 valence electrons. The van der Waals surface area contributed by atoms with Gasteiger partial charge < -0.3 is 21.5 Å². The van der Waals surface area contributed by atoms with Gasteiger partial charge in [0.05, 0.1) is 6.61 Å². The van der Waals surface area contributed by atoms with E-state index in [2.05, 4.69) is 48.2 Å². The zero-order valence-electron chi connectivity index (χ0n) is 17.6. The van der Waals surface area contributed by atoms with Gasteiger partial charge in [0.2, 0.25) is 0 Å². The van der Waals surface area contributed by atoms with E-state index in [0.29, 0.717) is 26.1 Å². The molecule has 3 rings (SSSR count). The second kappa shape index (κ2) is 12.2. The van der Waals surface area contributed by atoms with Crippen molar-refractivity contribution in [3.8, 4) is 5.75 Å². The SMILES string of the molecule is NC(=NCCCOc1ccccc1)NC(=O)c1nc(Cl)c(NCc2ccc(I)cc2)nc1N. The number of aromatic nitrogens is 2. The van der Waals surface area contributed by atoms with E-state index in [9.17, 15) is 4.79 Å². The third-order valence-corrected chi connectivity index (χ3v) is 5.29. The lowest BCUT2D eigenvalue weighted by molar-refractivity contribution is 0.0972. The summed E-state index contributed by atoms with van der Waals surface area (Å²) in [5.41, 5.74) is 12.6. The standard InChI is InChI=1S/C22H23ClIN7O2/c23-18-20(28-13-14-7-9-15(24)10-8-14)30-19(25)17(29-18)21(32)31-22(26)27-11-4-12-33-16-5-2-1-3-6-16/h1-3,5-10H,4,11-13H2,(H3,25,28,30)(H3,26,27,31,32). The van der Waals surface area contributed by atoms with E-state index in [4.69, 9.17) is 27.8 Å². The first-order chi connectivity index (χ1) is 15.9. The van der Waals surface area contributed by atoms with Gasteiger partial charge in [0, 0.05) is 23.1 Å². The normalized spacial score (nSPS) is 11.2. The molecule has 0 fully saturated rings. The van der Waals surface area contributed by atoms with Crippen molar-refractivity contribution in [2.24, 2.45) is 10.7 Å². The number of nitrogen functional groups attached to an aromatic ring is 1. The fourth-order valence-electron chi connectivity index (χ4n) is 2.68. The van der Waals surface area contributed by atoms with Crippen LogP contribution in [-0.2, 0) is 6.54 Å². The largest absolute Gasteiger partial charge is 0.494 e. The molecular weight excluding hydrogens is 557 g/mol. The number of hydrogen-bond acceptors (Lipinski definition) is 7. The summed E-state index contributed by atoms with van der Waals surface area (Å²) in [4.78, 5) is 24.8. The topological polar surface area (TPSA) is 141 Å². The van der Waals surface area contributed by atoms with Crippen LogP contribution in [0.1, 0.15) is 22.5 Å². The summed E-state index contributed by atoms with van der Waals surface area (Å²) in [6, 6.07) is 17.4. The quantitative estimate of drug-likeness (QED) is 0.132. The first-order valence-corrected chi connectivity index (χ1v) is 11.5. The molecule has 3 aromatic rings. The number of halogens is 2. The lowest BCUT2D eigenvalue weighted by atomic mass is 10.2. The van der Waals surface area contributed by atoms with Crippen LogP contribution in [0.15, 0.2) is 59.6 Å². The fourth-order valence-corrected chi connectivity index (χ4v) is 3.23. The predicted octanol–water partition coefficient (Wildman–Crippen LogP) is 3.44. The number of nitrogens with two attached hydrogens (primary N) is 2. The summed E-state index contributed by atoms with van der Waals surface area (Å²) in [5.74, 6) is 0.284. The predicted molar refractivity (Wildman–Crippen MR) is 138 cm³/mol. The highest BCUT2D eigenvalue weighted by Crippen LogP contribution is 2.21. The number of hydrogen-bond donors (Lipinski definition) is 4. The highest BCUT2D eigenvalue weighted by molar-refractivity contribution is 14.1. The van der Waals surface area contributed by atoms with E-state index in [0.717, 1.165) is 14.9 Å². The van der Waals surface area contributed by atoms with Gasteiger partial charge in [0.1, 0.15) is 5.75 Å². The van der Waals surface area contributed by atoms with E-state index >= 15 is 0 Å². The number of guanidine groups is 1. The number of nitrogens with zero attached hydrogens (tertiary/aromatic N) is 3. The third-order valence-electron chi connectivity index (χ3n) is 4.31. The zero-order chi connectivity index (χ0) is 23.6. The van der Waals surface area contributed by atoms with Crippen molar-refractivity contribution in [2.75, 3.05) is 24.2 Å². The molecule has 9 nitrogen and oxygen atoms in total. The highest BCUT2D eigenvalue weighted by atomic mass is 127. The number of carbonyl (C=O) groups excluding carboxylic acids is 1. The number of rotatable bonds is 9. The first kappa shape index (κ1) is 24.5. The van der Waals surface area contributed by atoms with Gasteiger partial charge in [-0.3, -0.25) is 15.1 Å². The Morgan fingerprint density at radius 3 is 2.58 bits per heavy atom. The Morgan fingerprint density at radius 1 is 1.12 bits per heavy atom. The van der Waals surface area contributed by atoms with Crippen LogP contribution in [0.5, 0.6) is 5.75 Å². The Labute approximate surface area is 210 Å². The molecular formula is C22H23ClIN7O2. The van der Waals surface area contributed by atoms with Gasteiger partial charge in [-0.05, 0) is 52.4 Å². The summed E-state index contributed by atoms with van der Waals surface area (Å²) in [5, 5.41) is 5.53. The molecule has 0 radical (unpaired) electrons. The molecule has 11 heteroatoms. The molecule has 0 bridgehead atoms. The smallest absolute Gasteiger partial charge is 0.280 e. The molecule has 0 aliphatic heterocycles. The Kier molecular flexibility index (Phi) is 9.07. The van der Waals surface area contributed by atoms with Gasteiger partial charge in [-0.15, -0.1) is 0 Å². The van der Waals surface area contributed by atoms with Gasteiger partial charge in [-0.25, -0.2) is 9.97 Å². The summed E-state index contributed by atoms with van der Waals surface area (Å²) in [6.07, 6.45) is 0.625. The Morgan fingerprint density at radius 2 is 1.85 bits per heavy atom. The van der Waals surface area contributed by atoms with Gasteiger partial charge in [0.15, 0.2) is 28.4 Å². The van der Waals surface area contributed by atoms with Crippen molar-refractivity contribution in [1.82, 2.24) is 15.3 Å². The van der Waals surface area contributed by atoms with Crippen molar-refractivity contribution in [2.45, 2.75) is 13.0 Å². The molecule has 1 amide bonds. The van der Waals surface area contributed by atoms with Crippen LogP contribution in [0.25, 0.3) is 0 Å². The molecule has 33 heavy (non-hydrogen) atoms. The molecule has 1 aromatic heterocycles. The summed E-state index contributed by atoms with van der Waals surface area (Å²) >= 11 is 8.43. The van der Waals surface area contributed by atoms with Crippen molar-refractivity contribution in [3.63, 3.8) is 0 Å². The molecule has 0 saturated heterocycles. The van der Waals surface area contributed by atoms with Gasteiger partial charge in [0.25, 0.3) is 5.91 Å². The van der Waals surface area contributed by atoms with Gasteiger partial charge >= 0.3 is 0 Å². The Balaban J connectivity index is 1.50. The first-order valence-electron chi connectivity index (χ1n) is 10.0. The summed E-state index contributed by atoms with van der Waals surface area (Å²) < 4.78 is 6.71. The number of para-hydroxylation sites is 1. The van der Waals surface area contributed by atoms with E-state index in [-0.39, 0.29) is 28.4 Å². The molecule has 0 atom stereocenters. The Hall–Kier alpha value is -3.12. The number of benzene rings is 2. The minimum atomic E-state index is -0.645. The lowest BCUT2D eigenvalue weighted by Crippen LogP contribution is -2.38. The van der Waals surface area contributed by atoms with E-state index in [1.165, 1.54) is 0 Å². The monoisotopic (exact) mass is 579 g/mol. The number of aliphatic imine (C=N–C) groups is 1. The number of nitrogens with one attached hydrogen (secondary N) is 2. The lowest BCUT2D eigenvalue weighted by Gasteiger charge is -2.11. The van der Waals surface area contributed by atoms with Crippen LogP contribution in [0, 0.1) is 3.57 Å². The maximum Gasteiger partial charge on any atom is 0.280 e. The molecule has 2 aromatic carbocycles. The zero-order valence-corrected chi connectivity index (χ0v) is 20.5. The molecule has 0 unspecified atom stereocenters. The van der Waals surface area contributed by atoms with Crippen LogP contribution >= 0.6 is 34.2 Å². The second-order valence-corrected chi connectivity index (χ2v) is 8.42. The number of carbonyl (C=O) groups is 1. The highest BCUT2D eigenvalue weighted by Gasteiger charge is 2.17. The van der Waals surface area contributed by atoms with Crippen LogP contribution in [0.3, 0.4) is 0 Å². The molecule has 6 N–H and O–H groups in total.